The van der Waals surface area contributed by atoms with Crippen LogP contribution in [0.3, 0.4) is 0 Å². The minimum atomic E-state index is -3.69. The Morgan fingerprint density at radius 2 is 1.90 bits per heavy atom. The van der Waals surface area contributed by atoms with Gasteiger partial charge in [-0.05, 0) is 36.8 Å². The highest BCUT2D eigenvalue weighted by molar-refractivity contribution is 7.92. The number of sulfonamides is 1. The molecule has 1 amide bonds. The van der Waals surface area contributed by atoms with E-state index in [1.54, 1.807) is 43.5 Å². The van der Waals surface area contributed by atoms with Gasteiger partial charge in [-0.1, -0.05) is 12.1 Å². The number of anilines is 2. The number of nitrogens with one attached hydrogen (secondary N) is 1. The summed E-state index contributed by atoms with van der Waals surface area (Å²) < 4.78 is 42.5. The van der Waals surface area contributed by atoms with E-state index in [9.17, 15) is 13.2 Å². The van der Waals surface area contributed by atoms with Crippen LogP contribution in [0.4, 0.5) is 11.4 Å². The molecule has 0 aliphatic carbocycles. The van der Waals surface area contributed by atoms with Crippen LogP contribution in [0.2, 0.25) is 0 Å². The number of carbonyl (C=O) groups is 1. The average Bonchev–Trinajstić information content (AvgIpc) is 2.72. The summed E-state index contributed by atoms with van der Waals surface area (Å²) in [6, 6.07) is 12.0. The number of carbonyl (C=O) groups excluding carboxylic acids is 1. The molecule has 0 unspecified atom stereocenters. The van der Waals surface area contributed by atoms with E-state index in [1.165, 1.54) is 6.92 Å². The maximum absolute atomic E-state index is 12.7. The van der Waals surface area contributed by atoms with E-state index in [2.05, 4.69) is 5.32 Å². The van der Waals surface area contributed by atoms with Crippen LogP contribution >= 0.6 is 0 Å². The lowest BCUT2D eigenvalue weighted by molar-refractivity contribution is -0.114. The number of ether oxygens (including phenoxy) is 3. The fraction of sp³-hybridized carbons (Fsp3) is 0.350. The number of fused-ring (bicyclic) bond motifs is 1. The minimum absolute atomic E-state index is 0.141. The molecule has 8 nitrogen and oxygen atoms in total. The lowest BCUT2D eigenvalue weighted by Crippen LogP contribution is -2.39. The van der Waals surface area contributed by atoms with Crippen molar-refractivity contribution >= 4 is 27.3 Å². The number of benzene rings is 2. The zero-order valence-electron chi connectivity index (χ0n) is 16.4. The van der Waals surface area contributed by atoms with Crippen LogP contribution in [-0.2, 0) is 26.2 Å². The molecule has 0 radical (unpaired) electrons. The number of hydrogen-bond donors (Lipinski definition) is 1. The molecule has 1 aliphatic rings. The Morgan fingerprint density at radius 1 is 1.14 bits per heavy atom. The number of amides is 1. The monoisotopic (exact) mass is 420 g/mol. The summed E-state index contributed by atoms with van der Waals surface area (Å²) in [5.41, 5.74) is 1.81. The summed E-state index contributed by atoms with van der Waals surface area (Å²) in [7, 11) is -2.10. The first-order valence-corrected chi connectivity index (χ1v) is 10.8. The van der Waals surface area contributed by atoms with Crippen molar-refractivity contribution in [1.29, 1.82) is 0 Å². The van der Waals surface area contributed by atoms with Crippen molar-refractivity contribution in [3.63, 3.8) is 0 Å². The van der Waals surface area contributed by atoms with E-state index >= 15 is 0 Å². The van der Waals surface area contributed by atoms with Crippen molar-refractivity contribution in [3.8, 4) is 11.5 Å². The second-order valence-corrected chi connectivity index (χ2v) is 8.60. The van der Waals surface area contributed by atoms with Gasteiger partial charge in [-0.25, -0.2) is 8.42 Å². The lowest BCUT2D eigenvalue weighted by atomic mass is 10.2. The van der Waals surface area contributed by atoms with E-state index in [-0.39, 0.29) is 12.3 Å². The molecule has 3 rings (SSSR count). The van der Waals surface area contributed by atoms with Gasteiger partial charge in [0.05, 0.1) is 18.0 Å². The standard InChI is InChI=1S/C20H24N2O6S/c1-3-29(24,25)22(17-7-8-18-19(12-17)28-10-9-27-18)13-20(23)21-16-6-4-5-15(11-16)14-26-2/h4-8,11-12H,3,9-10,13-14H2,1-2H3,(H,21,23). The molecular formula is C20H24N2O6S. The Kier molecular flexibility index (Phi) is 6.60. The molecule has 0 saturated carbocycles. The lowest BCUT2D eigenvalue weighted by Gasteiger charge is -2.25. The fourth-order valence-electron chi connectivity index (χ4n) is 2.93. The third kappa shape index (κ3) is 5.18. The molecule has 0 spiro atoms. The van der Waals surface area contributed by atoms with Gasteiger partial charge in [-0.15, -0.1) is 0 Å². The molecule has 0 atom stereocenters. The molecule has 2 aromatic carbocycles. The molecule has 0 aromatic heterocycles. The van der Waals surface area contributed by atoms with Gasteiger partial charge >= 0.3 is 0 Å². The number of rotatable bonds is 8. The van der Waals surface area contributed by atoms with Crippen LogP contribution in [-0.4, -0.2) is 46.9 Å². The maximum Gasteiger partial charge on any atom is 0.245 e. The van der Waals surface area contributed by atoms with Gasteiger partial charge in [0.1, 0.15) is 19.8 Å². The molecule has 0 fully saturated rings. The highest BCUT2D eigenvalue weighted by atomic mass is 32.2. The highest BCUT2D eigenvalue weighted by Crippen LogP contribution is 2.34. The molecule has 29 heavy (non-hydrogen) atoms. The zero-order valence-corrected chi connectivity index (χ0v) is 17.2. The SMILES string of the molecule is CCS(=O)(=O)N(CC(=O)Nc1cccc(COC)c1)c1ccc2c(c1)OCCO2. The molecule has 156 valence electrons. The van der Waals surface area contributed by atoms with Crippen molar-refractivity contribution < 1.29 is 27.4 Å². The highest BCUT2D eigenvalue weighted by Gasteiger charge is 2.25. The van der Waals surface area contributed by atoms with E-state index < -0.39 is 15.9 Å². The van der Waals surface area contributed by atoms with Crippen LogP contribution < -0.4 is 19.1 Å². The Morgan fingerprint density at radius 3 is 2.62 bits per heavy atom. The molecule has 1 N–H and O–H groups in total. The first kappa shape index (κ1) is 20.9. The Labute approximate surface area is 170 Å². The molecule has 1 aliphatic heterocycles. The smallest absolute Gasteiger partial charge is 0.245 e. The second-order valence-electron chi connectivity index (χ2n) is 6.42. The van der Waals surface area contributed by atoms with Gasteiger partial charge in [-0.3, -0.25) is 9.10 Å². The molecular weight excluding hydrogens is 396 g/mol. The van der Waals surface area contributed by atoms with E-state index in [1.807, 2.05) is 6.07 Å². The third-order valence-corrected chi connectivity index (χ3v) is 6.06. The minimum Gasteiger partial charge on any atom is -0.486 e. The molecule has 2 aromatic rings. The van der Waals surface area contributed by atoms with Gasteiger partial charge in [-0.2, -0.15) is 0 Å². The van der Waals surface area contributed by atoms with Crippen molar-refractivity contribution in [2.24, 2.45) is 0 Å². The quantitative estimate of drug-likeness (QED) is 0.705. The van der Waals surface area contributed by atoms with Gasteiger partial charge in [0.15, 0.2) is 11.5 Å². The van der Waals surface area contributed by atoms with Crippen molar-refractivity contribution in [3.05, 3.63) is 48.0 Å². The molecule has 1 heterocycles. The van der Waals surface area contributed by atoms with Crippen molar-refractivity contribution in [2.45, 2.75) is 13.5 Å². The summed E-state index contributed by atoms with van der Waals surface area (Å²) in [6.07, 6.45) is 0. The number of hydrogen-bond acceptors (Lipinski definition) is 6. The maximum atomic E-state index is 12.7. The Balaban J connectivity index is 1.81. The first-order valence-electron chi connectivity index (χ1n) is 9.20. The van der Waals surface area contributed by atoms with Crippen LogP contribution in [0.15, 0.2) is 42.5 Å². The van der Waals surface area contributed by atoms with Gasteiger partial charge in [0.25, 0.3) is 0 Å². The molecule has 9 heteroatoms. The van der Waals surface area contributed by atoms with E-state index in [0.717, 1.165) is 9.87 Å². The van der Waals surface area contributed by atoms with E-state index in [0.29, 0.717) is 42.7 Å². The van der Waals surface area contributed by atoms with Gasteiger partial charge < -0.3 is 19.5 Å². The molecule has 0 saturated heterocycles. The van der Waals surface area contributed by atoms with Crippen LogP contribution in [0.25, 0.3) is 0 Å². The average molecular weight is 420 g/mol. The zero-order chi connectivity index (χ0) is 20.9. The summed E-state index contributed by atoms with van der Waals surface area (Å²) in [6.45, 7) is 2.41. The summed E-state index contributed by atoms with van der Waals surface area (Å²) in [4.78, 5) is 12.6. The Hall–Kier alpha value is -2.78. The van der Waals surface area contributed by atoms with Crippen LogP contribution in [0, 0.1) is 0 Å². The van der Waals surface area contributed by atoms with Crippen LogP contribution in [0.1, 0.15) is 12.5 Å². The van der Waals surface area contributed by atoms with Crippen molar-refractivity contribution in [1.82, 2.24) is 0 Å². The topological polar surface area (TPSA) is 94.2 Å². The predicted octanol–water partition coefficient (Wildman–Crippen LogP) is 2.40. The predicted molar refractivity (Wildman–Crippen MR) is 110 cm³/mol. The van der Waals surface area contributed by atoms with Gasteiger partial charge in [0.2, 0.25) is 15.9 Å². The largest absolute Gasteiger partial charge is 0.486 e. The fourth-order valence-corrected chi connectivity index (χ4v) is 3.99. The summed E-state index contributed by atoms with van der Waals surface area (Å²) >= 11 is 0. The van der Waals surface area contributed by atoms with Gasteiger partial charge in [0, 0.05) is 18.9 Å². The Bertz CT molecular complexity index is 977. The first-order chi connectivity index (χ1) is 13.9. The van der Waals surface area contributed by atoms with Crippen molar-refractivity contribution in [2.75, 3.05) is 42.2 Å². The normalized spacial score (nSPS) is 13.0. The molecule has 0 bridgehead atoms. The number of methoxy groups -OCH3 is 1. The second kappa shape index (κ2) is 9.15. The van der Waals surface area contributed by atoms with E-state index in [4.69, 9.17) is 14.2 Å². The third-order valence-electron chi connectivity index (χ3n) is 4.32. The summed E-state index contributed by atoms with van der Waals surface area (Å²) in [5, 5.41) is 2.74. The van der Waals surface area contributed by atoms with Crippen LogP contribution in [0.5, 0.6) is 11.5 Å². The number of nitrogens with zero attached hydrogens (tertiary/aromatic N) is 1. The summed E-state index contributed by atoms with van der Waals surface area (Å²) in [5.74, 6) is 0.412.